The van der Waals surface area contributed by atoms with Crippen molar-refractivity contribution in [3.05, 3.63) is 12.2 Å². The molecule has 82 valence electrons. The molecule has 0 aromatic heterocycles. The Hall–Kier alpha value is -0.300. The van der Waals surface area contributed by atoms with Gasteiger partial charge in [-0.15, -0.1) is 0 Å². The minimum Gasteiger partial charge on any atom is -0.310 e. The number of hydrogen-bond donors (Lipinski definition) is 1. The van der Waals surface area contributed by atoms with Crippen molar-refractivity contribution in [2.24, 2.45) is 5.41 Å². The average Bonchev–Trinajstić information content (AvgIpc) is 2.23. The Morgan fingerprint density at radius 2 is 2.07 bits per heavy atom. The van der Waals surface area contributed by atoms with E-state index in [9.17, 15) is 0 Å². The van der Waals surface area contributed by atoms with Crippen LogP contribution in [-0.2, 0) is 0 Å². The Morgan fingerprint density at radius 1 is 1.36 bits per heavy atom. The van der Waals surface area contributed by atoms with Crippen molar-refractivity contribution in [2.75, 3.05) is 6.54 Å². The molecule has 1 fully saturated rings. The van der Waals surface area contributed by atoms with Crippen molar-refractivity contribution in [3.8, 4) is 0 Å². The van der Waals surface area contributed by atoms with Gasteiger partial charge in [0.1, 0.15) is 0 Å². The van der Waals surface area contributed by atoms with Gasteiger partial charge in [0.05, 0.1) is 0 Å². The van der Waals surface area contributed by atoms with Crippen LogP contribution in [0.5, 0.6) is 0 Å². The van der Waals surface area contributed by atoms with E-state index in [4.69, 9.17) is 0 Å². The van der Waals surface area contributed by atoms with Crippen molar-refractivity contribution in [3.63, 3.8) is 0 Å². The predicted molar refractivity (Wildman–Crippen MR) is 63.5 cm³/mol. The lowest BCUT2D eigenvalue weighted by Crippen LogP contribution is -2.29. The molecule has 1 nitrogen and oxygen atoms in total. The molecule has 14 heavy (non-hydrogen) atoms. The van der Waals surface area contributed by atoms with Crippen molar-refractivity contribution >= 4 is 0 Å². The predicted octanol–water partition coefficient (Wildman–Crippen LogP) is 3.51. The summed E-state index contributed by atoms with van der Waals surface area (Å²) < 4.78 is 0. The van der Waals surface area contributed by atoms with Crippen LogP contribution in [0.25, 0.3) is 0 Å². The summed E-state index contributed by atoms with van der Waals surface area (Å²) in [6.07, 6.45) is 6.80. The number of nitrogens with one attached hydrogen (secondary N) is 1. The fourth-order valence-electron chi connectivity index (χ4n) is 2.18. The molecule has 0 heterocycles. The summed E-state index contributed by atoms with van der Waals surface area (Å²) in [5.74, 6) is 0. The largest absolute Gasteiger partial charge is 0.310 e. The highest BCUT2D eigenvalue weighted by Crippen LogP contribution is 2.33. The molecule has 0 saturated heterocycles. The molecule has 1 saturated carbocycles. The van der Waals surface area contributed by atoms with E-state index in [1.807, 2.05) is 0 Å². The molecule has 0 amide bonds. The molecule has 0 aromatic rings. The van der Waals surface area contributed by atoms with Gasteiger partial charge in [-0.3, -0.25) is 0 Å². The van der Waals surface area contributed by atoms with Gasteiger partial charge in [0, 0.05) is 12.6 Å². The van der Waals surface area contributed by atoms with Crippen LogP contribution in [-0.4, -0.2) is 12.6 Å². The standard InChI is InChI=1S/C13H25N/c1-11(2)10-14-12-6-5-8-13(3,4)9-7-12/h12,14H,1,5-10H2,2-4H3. The van der Waals surface area contributed by atoms with Crippen LogP contribution in [0.1, 0.15) is 52.9 Å². The van der Waals surface area contributed by atoms with Crippen LogP contribution in [0.15, 0.2) is 12.2 Å². The molecular formula is C13H25N. The topological polar surface area (TPSA) is 12.0 Å². The summed E-state index contributed by atoms with van der Waals surface area (Å²) >= 11 is 0. The van der Waals surface area contributed by atoms with Crippen LogP contribution in [0, 0.1) is 5.41 Å². The molecule has 1 heteroatoms. The first-order chi connectivity index (χ1) is 6.49. The van der Waals surface area contributed by atoms with Gasteiger partial charge in [-0.2, -0.15) is 0 Å². The maximum atomic E-state index is 3.93. The highest BCUT2D eigenvalue weighted by Gasteiger charge is 2.23. The molecule has 1 N–H and O–H groups in total. The SMILES string of the molecule is C=C(C)CNC1CCCC(C)(C)CC1. The quantitative estimate of drug-likeness (QED) is 0.537. The van der Waals surface area contributed by atoms with Crippen LogP contribution >= 0.6 is 0 Å². The average molecular weight is 195 g/mol. The van der Waals surface area contributed by atoms with Gasteiger partial charge in [-0.25, -0.2) is 0 Å². The zero-order valence-electron chi connectivity index (χ0n) is 10.0. The molecule has 0 aliphatic heterocycles. The normalized spacial score (nSPS) is 26.9. The fourth-order valence-corrected chi connectivity index (χ4v) is 2.18. The Morgan fingerprint density at radius 3 is 2.71 bits per heavy atom. The minimum atomic E-state index is 0.569. The van der Waals surface area contributed by atoms with Crippen molar-refractivity contribution in [2.45, 2.75) is 58.9 Å². The molecule has 1 aliphatic rings. The Balaban J connectivity index is 2.31. The van der Waals surface area contributed by atoms with Crippen LogP contribution in [0.3, 0.4) is 0 Å². The van der Waals surface area contributed by atoms with Gasteiger partial charge in [0.2, 0.25) is 0 Å². The summed E-state index contributed by atoms with van der Waals surface area (Å²) in [7, 11) is 0. The molecule has 0 radical (unpaired) electrons. The second kappa shape index (κ2) is 4.97. The van der Waals surface area contributed by atoms with Crippen molar-refractivity contribution < 1.29 is 0 Å². The summed E-state index contributed by atoms with van der Waals surface area (Å²) in [4.78, 5) is 0. The van der Waals surface area contributed by atoms with E-state index in [0.717, 1.165) is 12.6 Å². The van der Waals surface area contributed by atoms with E-state index in [-0.39, 0.29) is 0 Å². The van der Waals surface area contributed by atoms with E-state index in [0.29, 0.717) is 5.41 Å². The van der Waals surface area contributed by atoms with Crippen LogP contribution in [0.4, 0.5) is 0 Å². The van der Waals surface area contributed by atoms with E-state index in [1.165, 1.54) is 37.7 Å². The van der Waals surface area contributed by atoms with Gasteiger partial charge in [-0.1, -0.05) is 32.4 Å². The van der Waals surface area contributed by atoms with Crippen molar-refractivity contribution in [1.29, 1.82) is 0 Å². The van der Waals surface area contributed by atoms with Crippen molar-refractivity contribution in [1.82, 2.24) is 5.32 Å². The van der Waals surface area contributed by atoms with Gasteiger partial charge in [0.15, 0.2) is 0 Å². The van der Waals surface area contributed by atoms with Gasteiger partial charge < -0.3 is 5.32 Å². The van der Waals surface area contributed by atoms with E-state index in [2.05, 4.69) is 32.7 Å². The lowest BCUT2D eigenvalue weighted by molar-refractivity contribution is 0.310. The summed E-state index contributed by atoms with van der Waals surface area (Å²) in [6, 6.07) is 0.730. The van der Waals surface area contributed by atoms with Gasteiger partial charge in [0.25, 0.3) is 0 Å². The Labute approximate surface area is 89.0 Å². The second-order valence-electron chi connectivity index (χ2n) is 5.63. The second-order valence-corrected chi connectivity index (χ2v) is 5.63. The molecule has 1 rings (SSSR count). The fraction of sp³-hybridized carbons (Fsp3) is 0.846. The summed E-state index contributed by atoms with van der Waals surface area (Å²) in [5, 5.41) is 3.60. The molecule has 1 unspecified atom stereocenters. The Bertz CT molecular complexity index is 193. The molecule has 0 spiro atoms. The molecule has 0 aromatic carbocycles. The van der Waals surface area contributed by atoms with Gasteiger partial charge >= 0.3 is 0 Å². The minimum absolute atomic E-state index is 0.569. The summed E-state index contributed by atoms with van der Waals surface area (Å²) in [5.41, 5.74) is 1.81. The lowest BCUT2D eigenvalue weighted by atomic mass is 9.85. The van der Waals surface area contributed by atoms with E-state index < -0.39 is 0 Å². The van der Waals surface area contributed by atoms with E-state index >= 15 is 0 Å². The highest BCUT2D eigenvalue weighted by molar-refractivity contribution is 4.92. The molecular weight excluding hydrogens is 170 g/mol. The maximum Gasteiger partial charge on any atom is 0.0161 e. The monoisotopic (exact) mass is 195 g/mol. The third-order valence-corrected chi connectivity index (χ3v) is 3.27. The first kappa shape index (κ1) is 11.8. The number of hydrogen-bond acceptors (Lipinski definition) is 1. The first-order valence-corrected chi connectivity index (χ1v) is 5.87. The first-order valence-electron chi connectivity index (χ1n) is 5.87. The van der Waals surface area contributed by atoms with E-state index in [1.54, 1.807) is 0 Å². The maximum absolute atomic E-state index is 3.93. The molecule has 1 aliphatic carbocycles. The number of rotatable bonds is 3. The molecule has 1 atom stereocenters. The van der Waals surface area contributed by atoms with Crippen LogP contribution in [0.2, 0.25) is 0 Å². The van der Waals surface area contributed by atoms with Gasteiger partial charge in [-0.05, 0) is 38.0 Å². The third kappa shape index (κ3) is 4.28. The lowest BCUT2D eigenvalue weighted by Gasteiger charge is -2.22. The molecule has 0 bridgehead atoms. The van der Waals surface area contributed by atoms with Crippen LogP contribution < -0.4 is 5.32 Å². The highest BCUT2D eigenvalue weighted by atomic mass is 14.9. The summed E-state index contributed by atoms with van der Waals surface area (Å²) in [6.45, 7) is 11.8. The third-order valence-electron chi connectivity index (χ3n) is 3.27. The zero-order valence-corrected chi connectivity index (χ0v) is 10.0. The zero-order chi connectivity index (χ0) is 10.6. The smallest absolute Gasteiger partial charge is 0.0161 e. The Kier molecular flexibility index (Phi) is 4.18.